The summed E-state index contributed by atoms with van der Waals surface area (Å²) >= 11 is 12.1. The lowest BCUT2D eigenvalue weighted by atomic mass is 10.2. The summed E-state index contributed by atoms with van der Waals surface area (Å²) < 4.78 is 18.5. The number of halogens is 3. The zero-order valence-electron chi connectivity index (χ0n) is 13.7. The summed E-state index contributed by atoms with van der Waals surface area (Å²) in [6.45, 7) is 0.124. The molecule has 1 amide bonds. The van der Waals surface area contributed by atoms with E-state index >= 15 is 0 Å². The summed E-state index contributed by atoms with van der Waals surface area (Å²) in [6, 6.07) is 9.16. The molecular formula is C18H14Cl2FN3O2. The minimum absolute atomic E-state index is 0.214. The van der Waals surface area contributed by atoms with Crippen molar-refractivity contribution in [2.75, 3.05) is 13.7 Å². The van der Waals surface area contributed by atoms with E-state index < -0.39 is 0 Å². The van der Waals surface area contributed by atoms with Gasteiger partial charge in [0.05, 0.1) is 15.9 Å². The summed E-state index contributed by atoms with van der Waals surface area (Å²) in [5, 5.41) is 1.32. The van der Waals surface area contributed by atoms with Crippen molar-refractivity contribution in [2.24, 2.45) is 0 Å². The van der Waals surface area contributed by atoms with Gasteiger partial charge < -0.3 is 9.64 Å². The molecule has 134 valence electrons. The van der Waals surface area contributed by atoms with E-state index in [4.69, 9.17) is 27.9 Å². The summed E-state index contributed by atoms with van der Waals surface area (Å²) in [4.78, 5) is 21.9. The number of fused-ring (bicyclic) bond motifs is 1. The van der Waals surface area contributed by atoms with E-state index in [1.54, 1.807) is 31.3 Å². The van der Waals surface area contributed by atoms with Gasteiger partial charge in [0.1, 0.15) is 12.1 Å². The van der Waals surface area contributed by atoms with E-state index in [-0.39, 0.29) is 24.2 Å². The smallest absolute Gasteiger partial charge is 0.260 e. The lowest BCUT2D eigenvalue weighted by Crippen LogP contribution is -2.31. The van der Waals surface area contributed by atoms with Crippen molar-refractivity contribution in [3.8, 4) is 5.88 Å². The molecule has 8 heteroatoms. The topological polar surface area (TPSA) is 55.3 Å². The van der Waals surface area contributed by atoms with Crippen molar-refractivity contribution in [3.05, 3.63) is 64.2 Å². The number of carbonyl (C=O) groups excluding carboxylic acids is 1. The van der Waals surface area contributed by atoms with Gasteiger partial charge in [-0.15, -0.1) is 0 Å². The number of ether oxygens (including phenoxy) is 1. The number of nitrogens with zero attached hydrogens (tertiary/aromatic N) is 3. The van der Waals surface area contributed by atoms with Gasteiger partial charge in [-0.3, -0.25) is 4.79 Å². The fourth-order valence-electron chi connectivity index (χ4n) is 2.38. The summed E-state index contributed by atoms with van der Waals surface area (Å²) in [6.07, 6.45) is 1.31. The van der Waals surface area contributed by atoms with Crippen molar-refractivity contribution in [3.63, 3.8) is 0 Å². The van der Waals surface area contributed by atoms with Crippen LogP contribution in [0.4, 0.5) is 4.39 Å². The van der Waals surface area contributed by atoms with Crippen LogP contribution in [0.5, 0.6) is 5.88 Å². The fourth-order valence-corrected chi connectivity index (χ4v) is 2.92. The molecule has 5 nitrogen and oxygen atoms in total. The highest BCUT2D eigenvalue weighted by Gasteiger charge is 2.14. The molecule has 1 aromatic heterocycles. The van der Waals surface area contributed by atoms with Gasteiger partial charge in [-0.05, 0) is 29.8 Å². The molecule has 0 bridgehead atoms. The van der Waals surface area contributed by atoms with Gasteiger partial charge in [0, 0.05) is 18.6 Å². The molecule has 0 aliphatic heterocycles. The first-order valence-corrected chi connectivity index (χ1v) is 8.40. The van der Waals surface area contributed by atoms with Crippen LogP contribution in [0.2, 0.25) is 10.0 Å². The highest BCUT2D eigenvalue weighted by Crippen LogP contribution is 2.30. The Labute approximate surface area is 159 Å². The van der Waals surface area contributed by atoms with E-state index in [0.717, 1.165) is 5.56 Å². The van der Waals surface area contributed by atoms with Crippen LogP contribution in [0.15, 0.2) is 42.7 Å². The number of likely N-dealkylation sites (N-methyl/N-ethyl adjacent to an activating group) is 1. The average Bonchev–Trinajstić information content (AvgIpc) is 2.61. The van der Waals surface area contributed by atoms with Crippen molar-refractivity contribution < 1.29 is 13.9 Å². The van der Waals surface area contributed by atoms with Gasteiger partial charge in [-0.1, -0.05) is 35.3 Å². The lowest BCUT2D eigenvalue weighted by Gasteiger charge is -2.17. The van der Waals surface area contributed by atoms with Gasteiger partial charge >= 0.3 is 0 Å². The maximum atomic E-state index is 12.9. The zero-order valence-corrected chi connectivity index (χ0v) is 15.3. The molecule has 0 saturated heterocycles. The van der Waals surface area contributed by atoms with Crippen LogP contribution >= 0.6 is 23.2 Å². The van der Waals surface area contributed by atoms with Crippen LogP contribution in [-0.4, -0.2) is 34.4 Å². The van der Waals surface area contributed by atoms with Crippen LogP contribution in [0, 0.1) is 5.82 Å². The minimum Gasteiger partial charge on any atom is -0.467 e. The third-order valence-corrected chi connectivity index (χ3v) is 4.22. The second-order valence-electron chi connectivity index (χ2n) is 5.63. The second-order valence-corrected chi connectivity index (χ2v) is 6.47. The van der Waals surface area contributed by atoms with E-state index in [1.165, 1.54) is 23.4 Å². The molecule has 0 spiro atoms. The Hall–Kier alpha value is -2.44. The standard InChI is InChI=1S/C18H14Cl2FN3O2/c1-24(8-11-2-4-13(21)5-3-11)16(25)9-26-18-14-6-12(19)7-15(20)17(14)22-10-23-18/h2-7,10H,8-9H2,1H3. The van der Waals surface area contributed by atoms with Crippen LogP contribution in [-0.2, 0) is 11.3 Å². The van der Waals surface area contributed by atoms with Crippen molar-refractivity contribution in [2.45, 2.75) is 6.54 Å². The number of carbonyl (C=O) groups is 1. The van der Waals surface area contributed by atoms with Crippen LogP contribution in [0.1, 0.15) is 5.56 Å². The normalized spacial score (nSPS) is 10.8. The highest BCUT2D eigenvalue weighted by molar-refractivity contribution is 6.38. The van der Waals surface area contributed by atoms with E-state index in [1.807, 2.05) is 0 Å². The first-order valence-electron chi connectivity index (χ1n) is 7.65. The Morgan fingerprint density at radius 2 is 1.92 bits per heavy atom. The molecule has 26 heavy (non-hydrogen) atoms. The summed E-state index contributed by atoms with van der Waals surface area (Å²) in [5.41, 5.74) is 1.31. The number of hydrogen-bond acceptors (Lipinski definition) is 4. The first kappa shape index (κ1) is 18.4. The van der Waals surface area contributed by atoms with Crippen LogP contribution in [0.25, 0.3) is 10.9 Å². The monoisotopic (exact) mass is 393 g/mol. The SMILES string of the molecule is CN(Cc1ccc(F)cc1)C(=O)COc1ncnc2c(Cl)cc(Cl)cc12. The Morgan fingerprint density at radius 3 is 2.65 bits per heavy atom. The number of aromatic nitrogens is 2. The van der Waals surface area contributed by atoms with Gasteiger partial charge in [0.15, 0.2) is 6.61 Å². The molecule has 0 radical (unpaired) electrons. The average molecular weight is 394 g/mol. The molecule has 0 aliphatic rings. The number of amides is 1. The molecule has 3 aromatic rings. The van der Waals surface area contributed by atoms with Gasteiger partial charge in [0.2, 0.25) is 5.88 Å². The van der Waals surface area contributed by atoms with E-state index in [9.17, 15) is 9.18 Å². The maximum Gasteiger partial charge on any atom is 0.260 e. The predicted octanol–water partition coefficient (Wildman–Crippen LogP) is 4.11. The summed E-state index contributed by atoms with van der Waals surface area (Å²) in [7, 11) is 1.64. The Kier molecular flexibility index (Phi) is 5.54. The van der Waals surface area contributed by atoms with Crippen molar-refractivity contribution in [1.82, 2.24) is 14.9 Å². The quantitative estimate of drug-likeness (QED) is 0.654. The van der Waals surface area contributed by atoms with Crippen LogP contribution < -0.4 is 4.74 Å². The van der Waals surface area contributed by atoms with Gasteiger partial charge in [-0.25, -0.2) is 14.4 Å². The third kappa shape index (κ3) is 4.20. The zero-order chi connectivity index (χ0) is 18.7. The first-order chi connectivity index (χ1) is 12.4. The Morgan fingerprint density at radius 1 is 1.19 bits per heavy atom. The van der Waals surface area contributed by atoms with E-state index in [2.05, 4.69) is 9.97 Å². The molecule has 0 saturated carbocycles. The van der Waals surface area contributed by atoms with Crippen LogP contribution in [0.3, 0.4) is 0 Å². The van der Waals surface area contributed by atoms with Gasteiger partial charge in [-0.2, -0.15) is 0 Å². The minimum atomic E-state index is -0.320. The lowest BCUT2D eigenvalue weighted by molar-refractivity contribution is -0.132. The van der Waals surface area contributed by atoms with E-state index in [0.29, 0.717) is 27.5 Å². The predicted molar refractivity (Wildman–Crippen MR) is 97.9 cm³/mol. The second kappa shape index (κ2) is 7.85. The number of hydrogen-bond donors (Lipinski definition) is 0. The van der Waals surface area contributed by atoms with Gasteiger partial charge in [0.25, 0.3) is 5.91 Å². The maximum absolute atomic E-state index is 12.9. The molecule has 0 fully saturated rings. The molecule has 2 aromatic carbocycles. The largest absolute Gasteiger partial charge is 0.467 e. The highest BCUT2D eigenvalue weighted by atomic mass is 35.5. The van der Waals surface area contributed by atoms with Crippen molar-refractivity contribution in [1.29, 1.82) is 0 Å². The molecule has 0 aliphatic carbocycles. The Bertz CT molecular complexity index is 951. The third-order valence-electron chi connectivity index (χ3n) is 3.71. The molecular weight excluding hydrogens is 380 g/mol. The Balaban J connectivity index is 1.69. The number of rotatable bonds is 5. The molecule has 0 N–H and O–H groups in total. The molecule has 1 heterocycles. The summed E-state index contributed by atoms with van der Waals surface area (Å²) in [5.74, 6) is -0.351. The fraction of sp³-hybridized carbons (Fsp3) is 0.167. The number of benzene rings is 2. The molecule has 3 rings (SSSR count). The van der Waals surface area contributed by atoms with Crippen molar-refractivity contribution >= 4 is 40.0 Å². The molecule has 0 atom stereocenters. The molecule has 0 unspecified atom stereocenters.